The van der Waals surface area contributed by atoms with Gasteiger partial charge in [0.05, 0.1) is 23.9 Å². The molecule has 4 N–H and O–H groups in total. The lowest BCUT2D eigenvalue weighted by Gasteiger charge is -2.24. The van der Waals surface area contributed by atoms with E-state index in [1.807, 2.05) is 12.2 Å². The van der Waals surface area contributed by atoms with Crippen molar-refractivity contribution >= 4 is 11.8 Å². The van der Waals surface area contributed by atoms with Crippen LogP contribution in [0.15, 0.2) is 17.1 Å². The van der Waals surface area contributed by atoms with E-state index in [1.165, 1.54) is 6.92 Å². The van der Waals surface area contributed by atoms with Crippen LogP contribution >= 0.6 is 0 Å². The fourth-order valence-electron chi connectivity index (χ4n) is 0.874. The van der Waals surface area contributed by atoms with Gasteiger partial charge in [-0.25, -0.2) is 0 Å². The Labute approximate surface area is 89.9 Å². The Bertz CT molecular complexity index is 266. The molecule has 1 unspecified atom stereocenters. The minimum atomic E-state index is -1.27. The summed E-state index contributed by atoms with van der Waals surface area (Å²) >= 11 is 0. The van der Waals surface area contributed by atoms with E-state index in [9.17, 15) is 9.90 Å². The third-order valence-corrected chi connectivity index (χ3v) is 1.91. The van der Waals surface area contributed by atoms with Crippen LogP contribution in [0.25, 0.3) is 0 Å². The van der Waals surface area contributed by atoms with Gasteiger partial charge in [0.1, 0.15) is 0 Å². The summed E-state index contributed by atoms with van der Waals surface area (Å²) in [4.78, 5) is 14.5. The number of hydrogen-bond acceptors (Lipinski definition) is 4. The highest BCUT2D eigenvalue weighted by Crippen LogP contribution is 2.07. The average molecular weight is 212 g/mol. The molecule has 0 aromatic carbocycles. The van der Waals surface area contributed by atoms with E-state index in [2.05, 4.69) is 4.99 Å². The lowest BCUT2D eigenvalue weighted by atomic mass is 9.97. The first kappa shape index (κ1) is 13.6. The maximum Gasteiger partial charge on any atom is 0.0909 e. The number of carboxylic acid groups (broad SMARTS) is 1. The van der Waals surface area contributed by atoms with Crippen molar-refractivity contribution in [2.75, 3.05) is 6.54 Å². The quantitative estimate of drug-likeness (QED) is 0.340. The van der Waals surface area contributed by atoms with Gasteiger partial charge in [-0.2, -0.15) is 0 Å². The van der Waals surface area contributed by atoms with Gasteiger partial charge in [0, 0.05) is 0 Å². The van der Waals surface area contributed by atoms with E-state index in [1.54, 1.807) is 6.92 Å². The molecule has 0 aliphatic heterocycles. The van der Waals surface area contributed by atoms with Crippen molar-refractivity contribution in [3.63, 3.8) is 0 Å². The molecule has 0 rings (SSSR count). The third-order valence-electron chi connectivity index (χ3n) is 1.91. The standard InChI is InChI=1S/C10H19N3O2/c1-8(11)13-7-5-3-4-6-10(2,12)9(14)15/h3,5H,4,6-7,12H2,1-2H3,(H2,11,13)(H,14,15)/p-1/b5-3+. The van der Waals surface area contributed by atoms with Gasteiger partial charge in [-0.1, -0.05) is 12.2 Å². The minimum Gasteiger partial charge on any atom is -0.548 e. The van der Waals surface area contributed by atoms with Crippen molar-refractivity contribution in [3.05, 3.63) is 12.2 Å². The molecule has 0 aromatic heterocycles. The van der Waals surface area contributed by atoms with Gasteiger partial charge in [0.15, 0.2) is 0 Å². The van der Waals surface area contributed by atoms with Crippen LogP contribution in [0.1, 0.15) is 26.7 Å². The third kappa shape index (κ3) is 6.68. The Morgan fingerprint density at radius 2 is 2.13 bits per heavy atom. The normalized spacial score (nSPS) is 16.6. The van der Waals surface area contributed by atoms with Gasteiger partial charge < -0.3 is 21.4 Å². The lowest BCUT2D eigenvalue weighted by molar-refractivity contribution is -0.312. The number of nitrogens with two attached hydrogens (primary N) is 2. The molecule has 5 nitrogen and oxygen atoms in total. The van der Waals surface area contributed by atoms with Crippen molar-refractivity contribution in [2.24, 2.45) is 16.5 Å². The molecule has 0 radical (unpaired) electrons. The second-order valence-corrected chi connectivity index (χ2v) is 3.70. The number of rotatable bonds is 6. The molecule has 0 saturated heterocycles. The molecule has 1 atom stereocenters. The van der Waals surface area contributed by atoms with Crippen LogP contribution in [0.4, 0.5) is 0 Å². The zero-order chi connectivity index (χ0) is 11.9. The number of amidine groups is 1. The van der Waals surface area contributed by atoms with E-state index in [0.29, 0.717) is 25.2 Å². The minimum absolute atomic E-state index is 0.344. The summed E-state index contributed by atoms with van der Waals surface area (Å²) in [6, 6.07) is 0. The number of hydrogen-bond donors (Lipinski definition) is 2. The Hall–Kier alpha value is -1.36. The van der Waals surface area contributed by atoms with Gasteiger partial charge in [-0.15, -0.1) is 0 Å². The number of carboxylic acids is 1. The Morgan fingerprint density at radius 3 is 2.60 bits per heavy atom. The molecule has 0 spiro atoms. The topological polar surface area (TPSA) is 105 Å². The van der Waals surface area contributed by atoms with Crippen LogP contribution in [0.3, 0.4) is 0 Å². The highest BCUT2D eigenvalue weighted by Gasteiger charge is 2.18. The van der Waals surface area contributed by atoms with Crippen molar-refractivity contribution in [1.29, 1.82) is 0 Å². The van der Waals surface area contributed by atoms with Crippen molar-refractivity contribution in [3.8, 4) is 0 Å². The van der Waals surface area contributed by atoms with E-state index < -0.39 is 11.5 Å². The summed E-state index contributed by atoms with van der Waals surface area (Å²) in [6.45, 7) is 3.66. The number of carbonyl (C=O) groups excluding carboxylic acids is 1. The van der Waals surface area contributed by atoms with E-state index >= 15 is 0 Å². The summed E-state index contributed by atoms with van der Waals surface area (Å²) in [5.74, 6) is -0.704. The summed E-state index contributed by atoms with van der Waals surface area (Å²) in [6.07, 6.45) is 4.58. The van der Waals surface area contributed by atoms with Gasteiger partial charge in [-0.3, -0.25) is 4.99 Å². The molecule has 0 amide bonds. The maximum atomic E-state index is 10.5. The number of nitrogens with zero attached hydrogens (tertiary/aromatic N) is 1. The summed E-state index contributed by atoms with van der Waals surface area (Å²) in [5.41, 5.74) is 9.54. The largest absolute Gasteiger partial charge is 0.548 e. The molecule has 5 heteroatoms. The van der Waals surface area contributed by atoms with E-state index in [0.717, 1.165) is 0 Å². The zero-order valence-corrected chi connectivity index (χ0v) is 9.19. The van der Waals surface area contributed by atoms with Crippen LogP contribution in [0.5, 0.6) is 0 Å². The fraction of sp³-hybridized carbons (Fsp3) is 0.600. The van der Waals surface area contributed by atoms with Crippen molar-refractivity contribution in [1.82, 2.24) is 0 Å². The summed E-state index contributed by atoms with van der Waals surface area (Å²) in [7, 11) is 0. The summed E-state index contributed by atoms with van der Waals surface area (Å²) in [5, 5.41) is 10.5. The van der Waals surface area contributed by atoms with Crippen LogP contribution in [0, 0.1) is 0 Å². The number of carbonyl (C=O) groups is 1. The first-order chi connectivity index (χ1) is 6.86. The van der Waals surface area contributed by atoms with Crippen LogP contribution in [-0.2, 0) is 4.79 Å². The second kappa shape index (κ2) is 6.19. The SMILES string of the molecule is CC(N)=NC/C=C/CCC(C)(N)C(=O)[O-]. The van der Waals surface area contributed by atoms with Gasteiger partial charge in [0.25, 0.3) is 0 Å². The van der Waals surface area contributed by atoms with Gasteiger partial charge >= 0.3 is 0 Å². The molecular weight excluding hydrogens is 194 g/mol. The molecule has 0 saturated carbocycles. The van der Waals surface area contributed by atoms with Gasteiger partial charge in [-0.05, 0) is 26.7 Å². The molecule has 15 heavy (non-hydrogen) atoms. The monoisotopic (exact) mass is 212 g/mol. The first-order valence-electron chi connectivity index (χ1n) is 4.78. The average Bonchev–Trinajstić information content (AvgIpc) is 2.10. The van der Waals surface area contributed by atoms with Crippen molar-refractivity contribution < 1.29 is 9.90 Å². The molecule has 0 aromatic rings. The molecule has 0 fully saturated rings. The molecular formula is C10H18N3O2-. The number of allylic oxidation sites excluding steroid dienone is 1. The first-order valence-corrected chi connectivity index (χ1v) is 4.78. The predicted octanol–water partition coefficient (Wildman–Crippen LogP) is -0.833. The maximum absolute atomic E-state index is 10.5. The lowest BCUT2D eigenvalue weighted by Crippen LogP contribution is -2.52. The van der Waals surface area contributed by atoms with Gasteiger partial charge in [0.2, 0.25) is 0 Å². The molecule has 0 bridgehead atoms. The highest BCUT2D eigenvalue weighted by atomic mass is 16.4. The second-order valence-electron chi connectivity index (χ2n) is 3.70. The van der Waals surface area contributed by atoms with E-state index in [4.69, 9.17) is 11.5 Å². The summed E-state index contributed by atoms with van der Waals surface area (Å²) < 4.78 is 0. The Balaban J connectivity index is 3.80. The van der Waals surface area contributed by atoms with Crippen LogP contribution in [0.2, 0.25) is 0 Å². The van der Waals surface area contributed by atoms with Crippen LogP contribution < -0.4 is 16.6 Å². The number of aliphatic carboxylic acids is 1. The molecule has 0 aliphatic rings. The smallest absolute Gasteiger partial charge is 0.0909 e. The zero-order valence-electron chi connectivity index (χ0n) is 9.19. The van der Waals surface area contributed by atoms with E-state index in [-0.39, 0.29) is 0 Å². The highest BCUT2D eigenvalue weighted by molar-refractivity contribution is 5.77. The fourth-order valence-corrected chi connectivity index (χ4v) is 0.874. The van der Waals surface area contributed by atoms with Crippen molar-refractivity contribution in [2.45, 2.75) is 32.2 Å². The Kier molecular flexibility index (Phi) is 5.62. The number of aliphatic imine (C=N–C) groups is 1. The molecule has 0 heterocycles. The molecule has 0 aliphatic carbocycles. The van der Waals surface area contributed by atoms with Crippen LogP contribution in [-0.4, -0.2) is 23.9 Å². The molecule has 86 valence electrons. The Morgan fingerprint density at radius 1 is 1.53 bits per heavy atom. The predicted molar refractivity (Wildman–Crippen MR) is 58.1 cm³/mol.